The zero-order chi connectivity index (χ0) is 21.3. The fourth-order valence-electron chi connectivity index (χ4n) is 3.24. The van der Waals surface area contributed by atoms with Crippen LogP contribution in [0.25, 0.3) is 11.4 Å². The largest absolute Gasteiger partial charge is 0.338 e. The molecule has 0 saturated carbocycles. The van der Waals surface area contributed by atoms with E-state index in [9.17, 15) is 12.8 Å². The molecule has 0 bridgehead atoms. The average Bonchev–Trinajstić information content (AvgIpc) is 3.19. The Morgan fingerprint density at radius 1 is 1.10 bits per heavy atom. The molecule has 0 unspecified atom stereocenters. The molecule has 2 aromatic carbocycles. The lowest BCUT2D eigenvalue weighted by molar-refractivity contribution is 0.163. The van der Waals surface area contributed by atoms with Gasteiger partial charge < -0.3 is 4.52 Å². The monoisotopic (exact) mass is 450 g/mol. The molecule has 158 valence electrons. The molecule has 0 atom stereocenters. The van der Waals surface area contributed by atoms with Gasteiger partial charge in [-0.3, -0.25) is 4.90 Å². The minimum absolute atomic E-state index is 0.0120. The zero-order valence-electron chi connectivity index (χ0n) is 16.3. The van der Waals surface area contributed by atoms with Crippen molar-refractivity contribution in [1.82, 2.24) is 19.3 Å². The maximum Gasteiger partial charge on any atom is 0.243 e. The zero-order valence-corrected chi connectivity index (χ0v) is 17.8. The van der Waals surface area contributed by atoms with Crippen LogP contribution < -0.4 is 0 Å². The minimum atomic E-state index is -3.73. The van der Waals surface area contributed by atoms with Crippen molar-refractivity contribution in [3.8, 4) is 11.4 Å². The lowest BCUT2D eigenvalue weighted by Gasteiger charge is -2.33. The molecule has 2 heterocycles. The van der Waals surface area contributed by atoms with Crippen LogP contribution in [-0.2, 0) is 16.6 Å². The molecule has 0 aliphatic carbocycles. The molecular formula is C20H20ClFN4O3S. The summed E-state index contributed by atoms with van der Waals surface area (Å²) in [4.78, 5) is 6.48. The van der Waals surface area contributed by atoms with E-state index >= 15 is 0 Å². The minimum Gasteiger partial charge on any atom is -0.338 e. The molecule has 7 nitrogen and oxygen atoms in total. The number of hydrogen-bond donors (Lipinski definition) is 0. The highest BCUT2D eigenvalue weighted by atomic mass is 35.5. The van der Waals surface area contributed by atoms with Crippen LogP contribution in [0.5, 0.6) is 0 Å². The summed E-state index contributed by atoms with van der Waals surface area (Å²) in [7, 11) is -3.73. The summed E-state index contributed by atoms with van der Waals surface area (Å²) in [6.07, 6.45) is 0. The number of sulfonamides is 1. The summed E-state index contributed by atoms with van der Waals surface area (Å²) in [6, 6.07) is 11.3. The molecule has 10 heteroatoms. The lowest BCUT2D eigenvalue weighted by atomic mass is 10.1. The highest BCUT2D eigenvalue weighted by Gasteiger charge is 2.29. The van der Waals surface area contributed by atoms with Gasteiger partial charge in [0, 0.05) is 31.7 Å². The summed E-state index contributed by atoms with van der Waals surface area (Å²) in [6.45, 7) is 4.07. The van der Waals surface area contributed by atoms with Crippen LogP contribution in [0.1, 0.15) is 11.5 Å². The van der Waals surface area contributed by atoms with Crippen LogP contribution in [0.15, 0.2) is 51.9 Å². The smallest absolute Gasteiger partial charge is 0.243 e. The Kier molecular flexibility index (Phi) is 5.88. The van der Waals surface area contributed by atoms with Crippen LogP contribution in [0.2, 0.25) is 5.02 Å². The fourth-order valence-corrected chi connectivity index (χ4v) is 4.94. The second kappa shape index (κ2) is 8.43. The van der Waals surface area contributed by atoms with Gasteiger partial charge in [-0.2, -0.15) is 9.29 Å². The molecule has 0 spiro atoms. The topological polar surface area (TPSA) is 79.5 Å². The third-order valence-corrected chi connectivity index (χ3v) is 7.18. The SMILES string of the molecule is Cc1ccc(-c2noc(CN3CCN(S(=O)(=O)c4ccc(F)c(Cl)c4)CC3)n2)cc1. The standard InChI is InChI=1S/C20H20ClFN4O3S/c1-14-2-4-15(5-3-14)20-23-19(29-24-20)13-25-8-10-26(11-9-25)30(27,28)16-6-7-18(22)17(21)12-16/h2-7,12H,8-11,13H2,1H3. The van der Waals surface area contributed by atoms with E-state index in [1.54, 1.807) is 0 Å². The third kappa shape index (κ3) is 4.39. The number of hydrogen-bond acceptors (Lipinski definition) is 6. The van der Waals surface area contributed by atoms with Crippen LogP contribution in [0, 0.1) is 12.7 Å². The molecule has 1 aromatic heterocycles. The summed E-state index contributed by atoms with van der Waals surface area (Å²) >= 11 is 5.74. The van der Waals surface area contributed by atoms with Crippen molar-refractivity contribution in [3.05, 3.63) is 64.8 Å². The Hall–Kier alpha value is -2.33. The van der Waals surface area contributed by atoms with E-state index in [1.807, 2.05) is 31.2 Å². The van der Waals surface area contributed by atoms with Gasteiger partial charge >= 0.3 is 0 Å². The van der Waals surface area contributed by atoms with Gasteiger partial charge in [0.05, 0.1) is 16.5 Å². The fraction of sp³-hybridized carbons (Fsp3) is 0.300. The second-order valence-corrected chi connectivity index (χ2v) is 9.48. The first-order valence-electron chi connectivity index (χ1n) is 9.40. The second-order valence-electron chi connectivity index (χ2n) is 7.13. The van der Waals surface area contributed by atoms with Crippen molar-refractivity contribution in [2.75, 3.05) is 26.2 Å². The number of halogens is 2. The molecular weight excluding hydrogens is 431 g/mol. The number of rotatable bonds is 5. The highest BCUT2D eigenvalue weighted by Crippen LogP contribution is 2.24. The van der Waals surface area contributed by atoms with Gasteiger partial charge in [0.25, 0.3) is 0 Å². The first-order valence-corrected chi connectivity index (χ1v) is 11.2. The number of aromatic nitrogens is 2. The van der Waals surface area contributed by atoms with E-state index in [4.69, 9.17) is 16.1 Å². The summed E-state index contributed by atoms with van der Waals surface area (Å²) in [5, 5.41) is 3.82. The van der Waals surface area contributed by atoms with Crippen LogP contribution in [0.3, 0.4) is 0 Å². The molecule has 0 N–H and O–H groups in total. The molecule has 4 rings (SSSR count). The van der Waals surface area contributed by atoms with E-state index < -0.39 is 15.8 Å². The first kappa shape index (κ1) is 20.9. The van der Waals surface area contributed by atoms with Crippen molar-refractivity contribution in [1.29, 1.82) is 0 Å². The molecule has 1 aliphatic rings. The Morgan fingerprint density at radius 3 is 2.47 bits per heavy atom. The van der Waals surface area contributed by atoms with Crippen LogP contribution in [-0.4, -0.2) is 53.9 Å². The molecule has 30 heavy (non-hydrogen) atoms. The lowest BCUT2D eigenvalue weighted by Crippen LogP contribution is -2.48. The van der Waals surface area contributed by atoms with E-state index in [-0.39, 0.29) is 9.92 Å². The van der Waals surface area contributed by atoms with Gasteiger partial charge in [0.2, 0.25) is 21.7 Å². The molecule has 1 saturated heterocycles. The van der Waals surface area contributed by atoms with Crippen molar-refractivity contribution in [2.24, 2.45) is 0 Å². The number of nitrogens with zero attached hydrogens (tertiary/aromatic N) is 4. The maximum absolute atomic E-state index is 13.3. The summed E-state index contributed by atoms with van der Waals surface area (Å²) in [5.41, 5.74) is 2.03. The van der Waals surface area contributed by atoms with E-state index in [2.05, 4.69) is 15.0 Å². The van der Waals surface area contributed by atoms with E-state index in [1.165, 1.54) is 10.4 Å². The summed E-state index contributed by atoms with van der Waals surface area (Å²) in [5.74, 6) is 0.358. The van der Waals surface area contributed by atoms with Gasteiger partial charge in [0.1, 0.15) is 5.82 Å². The maximum atomic E-state index is 13.3. The van der Waals surface area contributed by atoms with E-state index in [0.29, 0.717) is 44.4 Å². The van der Waals surface area contributed by atoms with Crippen molar-refractivity contribution >= 4 is 21.6 Å². The van der Waals surface area contributed by atoms with Crippen LogP contribution in [0.4, 0.5) is 4.39 Å². The van der Waals surface area contributed by atoms with Gasteiger partial charge in [-0.05, 0) is 25.1 Å². The van der Waals surface area contributed by atoms with Crippen molar-refractivity contribution in [2.45, 2.75) is 18.4 Å². The van der Waals surface area contributed by atoms with Gasteiger partial charge in [-0.1, -0.05) is 46.6 Å². The number of aryl methyl sites for hydroxylation is 1. The Bertz CT molecular complexity index is 1140. The van der Waals surface area contributed by atoms with Crippen molar-refractivity contribution < 1.29 is 17.3 Å². The average molecular weight is 451 g/mol. The van der Waals surface area contributed by atoms with Gasteiger partial charge in [-0.25, -0.2) is 12.8 Å². The summed E-state index contributed by atoms with van der Waals surface area (Å²) < 4.78 is 45.6. The Labute approximate surface area is 179 Å². The van der Waals surface area contributed by atoms with Gasteiger partial charge in [-0.15, -0.1) is 0 Å². The highest BCUT2D eigenvalue weighted by molar-refractivity contribution is 7.89. The van der Waals surface area contributed by atoms with Gasteiger partial charge in [0.15, 0.2) is 0 Å². The third-order valence-electron chi connectivity index (χ3n) is 5.00. The predicted octanol–water partition coefficient (Wildman–Crippen LogP) is 3.34. The number of benzene rings is 2. The Balaban J connectivity index is 1.38. The first-order chi connectivity index (χ1) is 14.3. The van der Waals surface area contributed by atoms with Crippen molar-refractivity contribution in [3.63, 3.8) is 0 Å². The molecule has 3 aromatic rings. The number of piperazine rings is 1. The molecule has 1 fully saturated rings. The van der Waals surface area contributed by atoms with E-state index in [0.717, 1.165) is 23.3 Å². The quantitative estimate of drug-likeness (QED) is 0.593. The Morgan fingerprint density at radius 2 is 1.80 bits per heavy atom. The van der Waals surface area contributed by atoms with Crippen LogP contribution >= 0.6 is 11.6 Å². The molecule has 1 aliphatic heterocycles. The predicted molar refractivity (Wildman–Crippen MR) is 110 cm³/mol. The molecule has 0 radical (unpaired) electrons. The molecule has 0 amide bonds. The normalized spacial score (nSPS) is 16.1.